The molecule has 162 valence electrons. The van der Waals surface area contributed by atoms with Crippen LogP contribution in [-0.2, 0) is 4.79 Å². The summed E-state index contributed by atoms with van der Waals surface area (Å²) in [6.45, 7) is 1.97. The van der Waals surface area contributed by atoms with Gasteiger partial charge in [-0.05, 0) is 36.8 Å². The quantitative estimate of drug-likeness (QED) is 0.449. The lowest BCUT2D eigenvalue weighted by atomic mass is 10.2. The lowest BCUT2D eigenvalue weighted by Crippen LogP contribution is -2.27. The molecule has 0 fully saturated rings. The van der Waals surface area contributed by atoms with Crippen LogP contribution >= 0.6 is 23.4 Å². The first-order chi connectivity index (χ1) is 15.4. The van der Waals surface area contributed by atoms with Crippen LogP contribution in [0.25, 0.3) is 16.7 Å². The van der Waals surface area contributed by atoms with Gasteiger partial charge in [-0.15, -0.1) is 0 Å². The van der Waals surface area contributed by atoms with Crippen LogP contribution in [0.1, 0.15) is 18.0 Å². The predicted octanol–water partition coefficient (Wildman–Crippen LogP) is 4.36. The predicted molar refractivity (Wildman–Crippen MR) is 122 cm³/mol. The largest absolute Gasteiger partial charge is 0.326 e. The Hall–Kier alpha value is -3.17. The molecule has 0 saturated carbocycles. The maximum absolute atomic E-state index is 13.3. The van der Waals surface area contributed by atoms with Gasteiger partial charge in [-0.1, -0.05) is 41.6 Å². The number of hydrogen-bond acceptors (Lipinski definition) is 5. The minimum Gasteiger partial charge on any atom is -0.326 e. The summed E-state index contributed by atoms with van der Waals surface area (Å²) in [6, 6.07) is 11.4. The molecule has 1 unspecified atom stereocenters. The number of carbonyl (C=O) groups is 1. The Kier molecular flexibility index (Phi) is 5.22. The minimum atomic E-state index is -0.557. The third kappa shape index (κ3) is 3.57. The number of fused-ring (bicyclic) bond motifs is 2. The van der Waals surface area contributed by atoms with E-state index in [4.69, 9.17) is 16.6 Å². The van der Waals surface area contributed by atoms with E-state index in [1.54, 1.807) is 9.25 Å². The van der Waals surface area contributed by atoms with Crippen LogP contribution in [0.15, 0.2) is 58.6 Å². The Labute approximate surface area is 191 Å². The van der Waals surface area contributed by atoms with Gasteiger partial charge >= 0.3 is 0 Å². The average molecular weight is 470 g/mol. The first-order valence-corrected chi connectivity index (χ1v) is 11.2. The summed E-state index contributed by atoms with van der Waals surface area (Å²) in [7, 11) is 0. The maximum Gasteiger partial charge on any atom is 0.265 e. The molecular formula is C22H17ClFN5O2S. The molecular weight excluding hydrogens is 453 g/mol. The smallest absolute Gasteiger partial charge is 0.265 e. The molecule has 4 aromatic rings. The molecule has 0 aliphatic carbocycles. The molecule has 1 aliphatic heterocycles. The standard InChI is InChI=1S/C22H17ClFN5O2S/c1-12-4-2-3-5-18(12)29-20-15(10-25-29)21(31)28-14(11-32-22(28)27-20)9-19(30)26-13-6-7-17(24)16(23)8-13/h2-8,10,14H,9,11H2,1H3,(H,26,30). The number of anilines is 1. The van der Waals surface area contributed by atoms with Gasteiger partial charge in [-0.2, -0.15) is 5.10 Å². The van der Waals surface area contributed by atoms with E-state index >= 15 is 0 Å². The van der Waals surface area contributed by atoms with Crippen LogP contribution in [0.3, 0.4) is 0 Å². The van der Waals surface area contributed by atoms with Crippen molar-refractivity contribution >= 4 is 46.0 Å². The van der Waals surface area contributed by atoms with Gasteiger partial charge in [0, 0.05) is 17.9 Å². The first kappa shape index (κ1) is 20.7. The molecule has 1 amide bonds. The number of para-hydroxylation sites is 1. The van der Waals surface area contributed by atoms with E-state index in [2.05, 4.69) is 10.4 Å². The van der Waals surface area contributed by atoms with E-state index < -0.39 is 5.82 Å². The van der Waals surface area contributed by atoms with Crippen molar-refractivity contribution in [3.8, 4) is 5.69 Å². The zero-order valence-electron chi connectivity index (χ0n) is 16.9. The van der Waals surface area contributed by atoms with Gasteiger partial charge in [0.05, 0.1) is 22.9 Å². The molecule has 32 heavy (non-hydrogen) atoms. The van der Waals surface area contributed by atoms with Crippen LogP contribution < -0.4 is 10.9 Å². The summed E-state index contributed by atoms with van der Waals surface area (Å²) in [5.74, 6) is -0.308. The molecule has 1 atom stereocenters. The van der Waals surface area contributed by atoms with Gasteiger partial charge in [0.2, 0.25) is 5.91 Å². The van der Waals surface area contributed by atoms with Gasteiger partial charge in [0.1, 0.15) is 11.2 Å². The van der Waals surface area contributed by atoms with Crippen molar-refractivity contribution in [3.05, 3.63) is 75.4 Å². The Morgan fingerprint density at radius 2 is 2.12 bits per heavy atom. The highest BCUT2D eigenvalue weighted by atomic mass is 35.5. The summed E-state index contributed by atoms with van der Waals surface area (Å²) in [5.41, 5.74) is 2.54. The summed E-state index contributed by atoms with van der Waals surface area (Å²) in [4.78, 5) is 30.5. The second-order valence-corrected chi connectivity index (χ2v) is 8.89. The van der Waals surface area contributed by atoms with E-state index in [0.29, 0.717) is 27.6 Å². The van der Waals surface area contributed by atoms with Crippen LogP contribution in [-0.4, -0.2) is 31.0 Å². The highest BCUT2D eigenvalue weighted by Crippen LogP contribution is 2.34. The summed E-state index contributed by atoms with van der Waals surface area (Å²) in [6.07, 6.45) is 1.60. The first-order valence-electron chi connectivity index (χ1n) is 9.86. The van der Waals surface area contributed by atoms with E-state index in [-0.39, 0.29) is 29.0 Å². The number of aryl methyl sites for hydroxylation is 1. The topological polar surface area (TPSA) is 81.8 Å². The van der Waals surface area contributed by atoms with E-state index in [9.17, 15) is 14.0 Å². The average Bonchev–Trinajstić information content (AvgIpc) is 3.36. The van der Waals surface area contributed by atoms with E-state index in [1.807, 2.05) is 31.2 Å². The number of halogens is 2. The van der Waals surface area contributed by atoms with Crippen LogP contribution in [0, 0.1) is 12.7 Å². The molecule has 2 aromatic heterocycles. The van der Waals surface area contributed by atoms with Crippen molar-refractivity contribution in [1.82, 2.24) is 19.3 Å². The van der Waals surface area contributed by atoms with Gasteiger partial charge in [-0.3, -0.25) is 14.2 Å². The Bertz CT molecular complexity index is 1430. The molecule has 3 heterocycles. The molecule has 7 nitrogen and oxygen atoms in total. The second-order valence-electron chi connectivity index (χ2n) is 7.50. The van der Waals surface area contributed by atoms with E-state index in [1.165, 1.54) is 36.2 Å². The number of thioether (sulfide) groups is 1. The summed E-state index contributed by atoms with van der Waals surface area (Å²) in [5, 5.41) is 7.98. The van der Waals surface area contributed by atoms with Crippen molar-refractivity contribution in [3.63, 3.8) is 0 Å². The monoisotopic (exact) mass is 469 g/mol. The fraction of sp³-hybridized carbons (Fsp3) is 0.182. The van der Waals surface area contributed by atoms with E-state index in [0.717, 1.165) is 11.3 Å². The highest BCUT2D eigenvalue weighted by Gasteiger charge is 2.29. The lowest BCUT2D eigenvalue weighted by Gasteiger charge is -2.14. The van der Waals surface area contributed by atoms with Crippen molar-refractivity contribution in [1.29, 1.82) is 0 Å². The van der Waals surface area contributed by atoms with Crippen molar-refractivity contribution in [2.45, 2.75) is 24.5 Å². The zero-order valence-corrected chi connectivity index (χ0v) is 18.5. The molecule has 1 aliphatic rings. The van der Waals surface area contributed by atoms with Crippen LogP contribution in [0.4, 0.5) is 10.1 Å². The summed E-state index contributed by atoms with van der Waals surface area (Å²) >= 11 is 7.20. The lowest BCUT2D eigenvalue weighted by molar-refractivity contribution is -0.116. The SMILES string of the molecule is Cc1ccccc1-n1ncc2c(=O)n3c(nc21)SCC3CC(=O)Nc1ccc(F)c(Cl)c1. The number of amides is 1. The molecule has 5 rings (SSSR count). The van der Waals surface area contributed by atoms with Crippen molar-refractivity contribution < 1.29 is 9.18 Å². The Morgan fingerprint density at radius 1 is 1.31 bits per heavy atom. The Balaban J connectivity index is 1.44. The maximum atomic E-state index is 13.3. The molecule has 1 N–H and O–H groups in total. The third-order valence-electron chi connectivity index (χ3n) is 5.34. The minimum absolute atomic E-state index is 0.0713. The number of benzene rings is 2. The van der Waals surface area contributed by atoms with Gasteiger partial charge in [-0.25, -0.2) is 14.1 Å². The number of nitrogens with zero attached hydrogens (tertiary/aromatic N) is 4. The number of rotatable bonds is 4. The number of hydrogen-bond donors (Lipinski definition) is 1. The van der Waals surface area contributed by atoms with Crippen LogP contribution in [0.5, 0.6) is 0 Å². The Morgan fingerprint density at radius 3 is 2.91 bits per heavy atom. The number of carbonyl (C=O) groups excluding carboxylic acids is 1. The second kappa shape index (κ2) is 8.07. The van der Waals surface area contributed by atoms with Gasteiger partial charge < -0.3 is 5.32 Å². The molecule has 0 saturated heterocycles. The molecule has 0 radical (unpaired) electrons. The number of aromatic nitrogens is 4. The number of nitrogens with one attached hydrogen (secondary N) is 1. The normalized spacial score (nSPS) is 15.2. The fourth-order valence-corrected chi connectivity index (χ4v) is 5.07. The van der Waals surface area contributed by atoms with Crippen molar-refractivity contribution in [2.24, 2.45) is 0 Å². The van der Waals surface area contributed by atoms with Crippen molar-refractivity contribution in [2.75, 3.05) is 11.1 Å². The molecule has 0 bridgehead atoms. The zero-order chi connectivity index (χ0) is 22.4. The fourth-order valence-electron chi connectivity index (χ4n) is 3.76. The third-order valence-corrected chi connectivity index (χ3v) is 6.73. The van der Waals surface area contributed by atoms with Gasteiger partial charge in [0.25, 0.3) is 5.56 Å². The molecule has 2 aromatic carbocycles. The highest BCUT2D eigenvalue weighted by molar-refractivity contribution is 7.99. The molecule has 0 spiro atoms. The van der Waals surface area contributed by atoms with Gasteiger partial charge in [0.15, 0.2) is 10.8 Å². The summed E-state index contributed by atoms with van der Waals surface area (Å²) < 4.78 is 16.6. The molecule has 10 heteroatoms. The van der Waals surface area contributed by atoms with Crippen LogP contribution in [0.2, 0.25) is 5.02 Å².